The third-order valence-corrected chi connectivity index (χ3v) is 4.24. The van der Waals surface area contributed by atoms with Crippen LogP contribution < -0.4 is 14.2 Å². The number of ether oxygens (including phenoxy) is 2. The van der Waals surface area contributed by atoms with Gasteiger partial charge in [-0.3, -0.25) is 0 Å². The van der Waals surface area contributed by atoms with Gasteiger partial charge < -0.3 is 9.47 Å². The average Bonchev–Trinajstić information content (AvgIpc) is 2.38. The van der Waals surface area contributed by atoms with E-state index in [0.29, 0.717) is 18.4 Å². The van der Waals surface area contributed by atoms with Gasteiger partial charge in [0.2, 0.25) is 10.0 Å². The molecule has 1 aromatic rings. The third-order valence-electron chi connectivity index (χ3n) is 2.65. The van der Waals surface area contributed by atoms with Crippen molar-refractivity contribution in [1.29, 1.82) is 0 Å². The first kappa shape index (κ1) is 17.6. The van der Waals surface area contributed by atoms with Crippen molar-refractivity contribution in [3.05, 3.63) is 23.8 Å². The van der Waals surface area contributed by atoms with E-state index in [9.17, 15) is 17.2 Å². The molecule has 0 saturated heterocycles. The molecule has 1 N–H and O–H groups in total. The maximum atomic E-state index is 12.3. The Morgan fingerprint density at radius 1 is 1.29 bits per heavy atom. The second kappa shape index (κ2) is 8.14. The molecule has 5 nitrogen and oxygen atoms in total. The van der Waals surface area contributed by atoms with Crippen LogP contribution in [0.25, 0.3) is 0 Å². The Labute approximate surface area is 123 Å². The Hall–Kier alpha value is -1.41. The molecule has 1 aromatic carbocycles. The Balaban J connectivity index is 2.67. The lowest BCUT2D eigenvalue weighted by atomic mass is 10.1. The minimum Gasteiger partial charge on any atom is -0.493 e. The molecule has 0 aromatic heterocycles. The topological polar surface area (TPSA) is 64.6 Å². The Kier molecular flexibility index (Phi) is 6.83. The lowest BCUT2D eigenvalue weighted by Crippen LogP contribution is -2.28. The molecule has 1 rings (SSSR count). The Morgan fingerprint density at radius 2 is 2.00 bits per heavy atom. The predicted octanol–water partition coefficient (Wildman–Crippen LogP) is 2.17. The maximum Gasteiger partial charge on any atom is 0.387 e. The van der Waals surface area contributed by atoms with Gasteiger partial charge in [-0.15, -0.1) is 0 Å². The number of nitrogens with one attached hydrogen (secondary N) is 1. The van der Waals surface area contributed by atoms with Gasteiger partial charge in [-0.05, 0) is 30.5 Å². The van der Waals surface area contributed by atoms with Crippen molar-refractivity contribution in [2.45, 2.75) is 26.4 Å². The van der Waals surface area contributed by atoms with Crippen LogP contribution in [0.1, 0.15) is 18.9 Å². The zero-order valence-electron chi connectivity index (χ0n) is 11.9. The summed E-state index contributed by atoms with van der Waals surface area (Å²) < 4.78 is 59.3. The molecular formula is C13H19F2NO4S. The molecule has 0 amide bonds. The van der Waals surface area contributed by atoms with Crippen molar-refractivity contribution in [1.82, 2.24) is 4.72 Å². The van der Waals surface area contributed by atoms with Gasteiger partial charge in [0.1, 0.15) is 0 Å². The molecular weight excluding hydrogens is 304 g/mol. The van der Waals surface area contributed by atoms with Crippen LogP contribution in [0.15, 0.2) is 18.2 Å². The molecule has 0 radical (unpaired) electrons. The molecule has 0 heterocycles. The number of sulfonamides is 1. The van der Waals surface area contributed by atoms with Gasteiger partial charge >= 0.3 is 6.61 Å². The van der Waals surface area contributed by atoms with E-state index in [-0.39, 0.29) is 23.8 Å². The fourth-order valence-electron chi connectivity index (χ4n) is 1.76. The molecule has 21 heavy (non-hydrogen) atoms. The first-order chi connectivity index (χ1) is 9.88. The van der Waals surface area contributed by atoms with Gasteiger partial charge in [-0.2, -0.15) is 8.78 Å². The van der Waals surface area contributed by atoms with Gasteiger partial charge in [0.15, 0.2) is 11.5 Å². The van der Waals surface area contributed by atoms with Gasteiger partial charge in [-0.1, -0.05) is 13.0 Å². The summed E-state index contributed by atoms with van der Waals surface area (Å²) in [4.78, 5) is 0. The van der Waals surface area contributed by atoms with Crippen LogP contribution in [-0.2, 0) is 16.4 Å². The predicted molar refractivity (Wildman–Crippen MR) is 75.4 cm³/mol. The minimum atomic E-state index is -3.27. The highest BCUT2D eigenvalue weighted by atomic mass is 32.2. The van der Waals surface area contributed by atoms with Crippen LogP contribution in [-0.4, -0.2) is 34.4 Å². The zero-order chi connectivity index (χ0) is 15.9. The van der Waals surface area contributed by atoms with Crippen LogP contribution in [0.2, 0.25) is 0 Å². The molecule has 0 aliphatic heterocycles. The summed E-state index contributed by atoms with van der Waals surface area (Å²) in [6, 6.07) is 4.60. The number of halogens is 2. The molecule has 120 valence electrons. The Bertz CT molecular complexity index is 549. The molecule has 0 bridgehead atoms. The van der Waals surface area contributed by atoms with Crippen LogP contribution in [0.3, 0.4) is 0 Å². The summed E-state index contributed by atoms with van der Waals surface area (Å²) in [5, 5.41) is 0. The van der Waals surface area contributed by atoms with Gasteiger partial charge in [0.25, 0.3) is 0 Å². The highest BCUT2D eigenvalue weighted by Crippen LogP contribution is 2.29. The number of hydrogen-bond acceptors (Lipinski definition) is 4. The van der Waals surface area contributed by atoms with Crippen LogP contribution in [0.4, 0.5) is 8.78 Å². The van der Waals surface area contributed by atoms with Crippen LogP contribution >= 0.6 is 0 Å². The molecule has 0 aliphatic rings. The molecule has 0 atom stereocenters. The monoisotopic (exact) mass is 323 g/mol. The van der Waals surface area contributed by atoms with E-state index >= 15 is 0 Å². The van der Waals surface area contributed by atoms with Crippen molar-refractivity contribution < 1.29 is 26.7 Å². The van der Waals surface area contributed by atoms with E-state index in [0.717, 1.165) is 0 Å². The number of alkyl halides is 2. The quantitative estimate of drug-likeness (QED) is 0.756. The summed E-state index contributed by atoms with van der Waals surface area (Å²) in [7, 11) is -1.92. The highest BCUT2D eigenvalue weighted by molar-refractivity contribution is 7.89. The SMILES string of the molecule is CCCS(=O)(=O)NCCc1ccc(OC)c(OC(F)F)c1. The van der Waals surface area contributed by atoms with Crippen LogP contribution in [0.5, 0.6) is 11.5 Å². The zero-order valence-corrected chi connectivity index (χ0v) is 12.8. The van der Waals surface area contributed by atoms with Gasteiger partial charge in [-0.25, -0.2) is 13.1 Å². The largest absolute Gasteiger partial charge is 0.493 e. The third kappa shape index (κ3) is 6.26. The van der Waals surface area contributed by atoms with E-state index in [2.05, 4.69) is 9.46 Å². The van der Waals surface area contributed by atoms with E-state index in [1.165, 1.54) is 19.2 Å². The number of benzene rings is 1. The summed E-state index contributed by atoms with van der Waals surface area (Å²) in [6.45, 7) is -0.975. The van der Waals surface area contributed by atoms with E-state index < -0.39 is 16.6 Å². The molecule has 8 heteroatoms. The number of hydrogen-bond donors (Lipinski definition) is 1. The second-order valence-electron chi connectivity index (χ2n) is 4.33. The van der Waals surface area contributed by atoms with Gasteiger partial charge in [0, 0.05) is 6.54 Å². The molecule has 0 unspecified atom stereocenters. The molecule has 0 fully saturated rings. The highest BCUT2D eigenvalue weighted by Gasteiger charge is 2.12. The van der Waals surface area contributed by atoms with Crippen molar-refractivity contribution >= 4 is 10.0 Å². The van der Waals surface area contributed by atoms with Crippen molar-refractivity contribution in [3.8, 4) is 11.5 Å². The first-order valence-corrected chi connectivity index (χ1v) is 8.12. The van der Waals surface area contributed by atoms with Crippen molar-refractivity contribution in [3.63, 3.8) is 0 Å². The van der Waals surface area contributed by atoms with E-state index in [1.54, 1.807) is 13.0 Å². The van der Waals surface area contributed by atoms with Crippen LogP contribution in [0, 0.1) is 0 Å². The summed E-state index contributed by atoms with van der Waals surface area (Å²) in [5.41, 5.74) is 0.672. The fourth-order valence-corrected chi connectivity index (χ4v) is 2.85. The lowest BCUT2D eigenvalue weighted by molar-refractivity contribution is -0.0512. The average molecular weight is 323 g/mol. The molecule has 0 saturated carbocycles. The van der Waals surface area contributed by atoms with E-state index in [1.807, 2.05) is 0 Å². The summed E-state index contributed by atoms with van der Waals surface area (Å²) in [6.07, 6.45) is 0.900. The first-order valence-electron chi connectivity index (χ1n) is 6.47. The Morgan fingerprint density at radius 3 is 2.57 bits per heavy atom. The fraction of sp³-hybridized carbons (Fsp3) is 0.538. The molecule has 0 spiro atoms. The summed E-state index contributed by atoms with van der Waals surface area (Å²) in [5.74, 6) is 0.196. The summed E-state index contributed by atoms with van der Waals surface area (Å²) >= 11 is 0. The molecule has 0 aliphatic carbocycles. The normalized spacial score (nSPS) is 11.7. The van der Waals surface area contributed by atoms with E-state index in [4.69, 9.17) is 4.74 Å². The maximum absolute atomic E-state index is 12.3. The smallest absolute Gasteiger partial charge is 0.387 e. The van der Waals surface area contributed by atoms with Gasteiger partial charge in [0.05, 0.1) is 12.9 Å². The lowest BCUT2D eigenvalue weighted by Gasteiger charge is -2.12. The van der Waals surface area contributed by atoms with Crippen molar-refractivity contribution in [2.75, 3.05) is 19.4 Å². The number of methoxy groups -OCH3 is 1. The second-order valence-corrected chi connectivity index (χ2v) is 6.25. The standard InChI is InChI=1S/C13H19F2NO4S/c1-3-8-21(17,18)16-7-6-10-4-5-11(19-2)12(9-10)20-13(14)15/h4-5,9,13,16H,3,6-8H2,1-2H3. The minimum absolute atomic E-state index is 0.0648. The number of rotatable bonds is 9. The van der Waals surface area contributed by atoms with Crippen molar-refractivity contribution in [2.24, 2.45) is 0 Å².